The first-order chi connectivity index (χ1) is 9.95. The summed E-state index contributed by atoms with van der Waals surface area (Å²) >= 11 is 0. The molecule has 1 amide bonds. The van der Waals surface area contributed by atoms with Crippen molar-refractivity contribution in [2.75, 3.05) is 25.9 Å². The molecular formula is C15H20N2O3S. The van der Waals surface area contributed by atoms with Crippen LogP contribution in [0, 0.1) is 5.92 Å². The van der Waals surface area contributed by atoms with E-state index in [9.17, 15) is 13.2 Å². The Morgan fingerprint density at radius 2 is 1.81 bits per heavy atom. The number of fused-ring (bicyclic) bond motifs is 4. The molecule has 5 nitrogen and oxygen atoms in total. The molecule has 3 aliphatic heterocycles. The third kappa shape index (κ3) is 2.96. The Kier molecular flexibility index (Phi) is 3.75. The van der Waals surface area contributed by atoms with E-state index in [0.29, 0.717) is 25.2 Å². The van der Waals surface area contributed by atoms with Crippen molar-refractivity contribution in [1.82, 2.24) is 9.21 Å². The van der Waals surface area contributed by atoms with E-state index >= 15 is 0 Å². The van der Waals surface area contributed by atoms with Gasteiger partial charge in [-0.1, -0.05) is 18.2 Å². The van der Waals surface area contributed by atoms with Gasteiger partial charge < -0.3 is 4.90 Å². The highest BCUT2D eigenvalue weighted by atomic mass is 32.2. The standard InChI is InChI=1S/C15H20N2O3S/c1-21(19,20)17-10-12-7-8-14(17)11-16(9-12)15(18)13-5-3-2-4-6-13/h2-6,12,14H,7-11H2,1H3/t12-,14+/m0/s1. The molecule has 3 fully saturated rings. The van der Waals surface area contributed by atoms with Crippen LogP contribution in [0.4, 0.5) is 0 Å². The number of hydrogen-bond donors (Lipinski definition) is 0. The normalized spacial score (nSPS) is 26.6. The Hall–Kier alpha value is -1.40. The molecule has 3 saturated heterocycles. The molecule has 0 aliphatic carbocycles. The van der Waals surface area contributed by atoms with Crippen molar-refractivity contribution >= 4 is 15.9 Å². The fourth-order valence-corrected chi connectivity index (χ4v) is 4.57. The molecule has 4 rings (SSSR count). The molecule has 114 valence electrons. The zero-order valence-electron chi connectivity index (χ0n) is 12.1. The SMILES string of the molecule is CS(=O)(=O)N1C[C@H]2CC[C@@H]1CN(C(=O)c1ccccc1)C2. The van der Waals surface area contributed by atoms with Gasteiger partial charge >= 0.3 is 0 Å². The average molecular weight is 308 g/mol. The summed E-state index contributed by atoms with van der Waals surface area (Å²) in [5.41, 5.74) is 0.671. The number of piperidine rings is 1. The van der Waals surface area contributed by atoms with Crippen LogP contribution in [0.15, 0.2) is 30.3 Å². The van der Waals surface area contributed by atoms with E-state index in [4.69, 9.17) is 0 Å². The van der Waals surface area contributed by atoms with Crippen molar-refractivity contribution in [3.05, 3.63) is 35.9 Å². The molecule has 0 N–H and O–H groups in total. The van der Waals surface area contributed by atoms with Crippen molar-refractivity contribution in [1.29, 1.82) is 0 Å². The molecule has 0 spiro atoms. The van der Waals surface area contributed by atoms with Crippen molar-refractivity contribution in [2.24, 2.45) is 5.92 Å². The second kappa shape index (κ2) is 5.42. The molecule has 2 bridgehead atoms. The minimum absolute atomic E-state index is 0.00264. The van der Waals surface area contributed by atoms with Crippen molar-refractivity contribution in [3.63, 3.8) is 0 Å². The number of hydrogen-bond acceptors (Lipinski definition) is 3. The molecule has 6 heteroatoms. The minimum Gasteiger partial charge on any atom is -0.337 e. The Bertz CT molecular complexity index is 630. The predicted octanol–water partition coefficient (Wildman–Crippen LogP) is 1.18. The Morgan fingerprint density at radius 3 is 2.48 bits per heavy atom. The van der Waals surface area contributed by atoms with E-state index in [1.54, 1.807) is 4.31 Å². The Labute approximate surface area is 125 Å². The molecule has 0 unspecified atom stereocenters. The van der Waals surface area contributed by atoms with Gasteiger partial charge in [0.1, 0.15) is 0 Å². The maximum absolute atomic E-state index is 12.6. The predicted molar refractivity (Wildman–Crippen MR) is 80.4 cm³/mol. The first kappa shape index (κ1) is 14.5. The Balaban J connectivity index is 1.83. The van der Waals surface area contributed by atoms with E-state index in [1.807, 2.05) is 35.2 Å². The maximum Gasteiger partial charge on any atom is 0.253 e. The van der Waals surface area contributed by atoms with Crippen molar-refractivity contribution < 1.29 is 13.2 Å². The highest BCUT2D eigenvalue weighted by Crippen LogP contribution is 2.30. The van der Waals surface area contributed by atoms with Gasteiger partial charge in [0.05, 0.1) is 6.26 Å². The van der Waals surface area contributed by atoms with Crippen LogP contribution in [0.3, 0.4) is 0 Å². The zero-order chi connectivity index (χ0) is 15.0. The van der Waals surface area contributed by atoms with Crippen LogP contribution >= 0.6 is 0 Å². The van der Waals surface area contributed by atoms with E-state index in [2.05, 4.69) is 0 Å². The molecule has 0 aromatic heterocycles. The van der Waals surface area contributed by atoms with E-state index in [0.717, 1.165) is 12.8 Å². The largest absolute Gasteiger partial charge is 0.337 e. The van der Waals surface area contributed by atoms with E-state index in [-0.39, 0.29) is 17.9 Å². The highest BCUT2D eigenvalue weighted by molar-refractivity contribution is 7.88. The fourth-order valence-electron chi connectivity index (χ4n) is 3.37. The molecule has 21 heavy (non-hydrogen) atoms. The highest BCUT2D eigenvalue weighted by Gasteiger charge is 2.40. The lowest BCUT2D eigenvalue weighted by atomic mass is 9.97. The van der Waals surface area contributed by atoms with E-state index < -0.39 is 10.0 Å². The molecule has 3 heterocycles. The number of nitrogens with zero attached hydrogens (tertiary/aromatic N) is 2. The van der Waals surface area contributed by atoms with Crippen molar-refractivity contribution in [3.8, 4) is 0 Å². The zero-order valence-corrected chi connectivity index (χ0v) is 12.9. The van der Waals surface area contributed by atoms with Crippen LogP contribution in [-0.2, 0) is 10.0 Å². The van der Waals surface area contributed by atoms with Crippen LogP contribution in [0.5, 0.6) is 0 Å². The number of carbonyl (C=O) groups excluding carboxylic acids is 1. The first-order valence-electron chi connectivity index (χ1n) is 7.26. The number of sulfonamides is 1. The number of carbonyl (C=O) groups is 1. The number of rotatable bonds is 2. The summed E-state index contributed by atoms with van der Waals surface area (Å²) < 4.78 is 25.4. The lowest BCUT2D eigenvalue weighted by Crippen LogP contribution is -2.47. The summed E-state index contributed by atoms with van der Waals surface area (Å²) in [5.74, 6) is 0.244. The fraction of sp³-hybridized carbons (Fsp3) is 0.533. The van der Waals surface area contributed by atoms with Gasteiger partial charge in [0, 0.05) is 31.2 Å². The van der Waals surface area contributed by atoms with E-state index in [1.165, 1.54) is 6.26 Å². The molecule has 0 saturated carbocycles. The topological polar surface area (TPSA) is 57.7 Å². The average Bonchev–Trinajstić information content (AvgIpc) is 2.78. The van der Waals surface area contributed by atoms with Crippen molar-refractivity contribution in [2.45, 2.75) is 18.9 Å². The monoisotopic (exact) mass is 308 g/mol. The Morgan fingerprint density at radius 1 is 1.10 bits per heavy atom. The van der Waals surface area contributed by atoms with Gasteiger partial charge in [0.25, 0.3) is 5.91 Å². The second-order valence-electron chi connectivity index (χ2n) is 6.01. The van der Waals surface area contributed by atoms with Crippen LogP contribution in [0.2, 0.25) is 0 Å². The molecule has 2 atom stereocenters. The maximum atomic E-state index is 12.6. The summed E-state index contributed by atoms with van der Waals surface area (Å²) in [6, 6.07) is 9.12. The summed E-state index contributed by atoms with van der Waals surface area (Å²) in [7, 11) is -3.20. The number of amides is 1. The summed E-state index contributed by atoms with van der Waals surface area (Å²) in [6.45, 7) is 1.69. The smallest absolute Gasteiger partial charge is 0.253 e. The van der Waals surface area contributed by atoms with Crippen LogP contribution in [-0.4, -0.2) is 55.5 Å². The lowest BCUT2D eigenvalue weighted by molar-refractivity contribution is 0.0746. The van der Waals surface area contributed by atoms with Gasteiger partial charge in [-0.3, -0.25) is 4.79 Å². The van der Waals surface area contributed by atoms with Crippen LogP contribution < -0.4 is 0 Å². The van der Waals surface area contributed by atoms with Gasteiger partial charge in [0.2, 0.25) is 10.0 Å². The molecule has 0 radical (unpaired) electrons. The molecule has 1 aromatic rings. The number of benzene rings is 1. The third-order valence-electron chi connectivity index (χ3n) is 4.40. The van der Waals surface area contributed by atoms with Gasteiger partial charge in [-0.15, -0.1) is 0 Å². The van der Waals surface area contributed by atoms with Crippen LogP contribution in [0.25, 0.3) is 0 Å². The second-order valence-corrected chi connectivity index (χ2v) is 7.94. The quantitative estimate of drug-likeness (QED) is 0.824. The van der Waals surface area contributed by atoms with Gasteiger partial charge in [0.15, 0.2) is 0 Å². The minimum atomic E-state index is -3.20. The van der Waals surface area contributed by atoms with Gasteiger partial charge in [-0.25, -0.2) is 8.42 Å². The summed E-state index contributed by atoms with van der Waals surface area (Å²) in [6.07, 6.45) is 3.10. The van der Waals surface area contributed by atoms with Gasteiger partial charge in [-0.05, 0) is 30.9 Å². The molecular weight excluding hydrogens is 288 g/mol. The third-order valence-corrected chi connectivity index (χ3v) is 5.70. The van der Waals surface area contributed by atoms with Crippen LogP contribution in [0.1, 0.15) is 23.2 Å². The summed E-state index contributed by atoms with van der Waals surface area (Å²) in [4.78, 5) is 14.4. The molecule has 3 aliphatic rings. The lowest BCUT2D eigenvalue weighted by Gasteiger charge is -2.33. The van der Waals surface area contributed by atoms with Gasteiger partial charge in [-0.2, -0.15) is 4.31 Å². The first-order valence-corrected chi connectivity index (χ1v) is 9.11. The summed E-state index contributed by atoms with van der Waals surface area (Å²) in [5, 5.41) is 0. The molecule has 1 aromatic carbocycles.